The molecule has 2 aromatic rings. The number of rotatable bonds is 1. The summed E-state index contributed by atoms with van der Waals surface area (Å²) < 4.78 is 26.6. The second-order valence-electron chi connectivity index (χ2n) is 5.95. The molecule has 2 amide bonds. The maximum atomic E-state index is 13.5. The van der Waals surface area contributed by atoms with Crippen LogP contribution in [0.25, 0.3) is 0 Å². The van der Waals surface area contributed by atoms with Crippen LogP contribution < -0.4 is 10.2 Å². The Morgan fingerprint density at radius 1 is 1.21 bits per heavy atom. The quantitative estimate of drug-likeness (QED) is 0.818. The van der Waals surface area contributed by atoms with Crippen LogP contribution in [0, 0.1) is 23.5 Å². The fourth-order valence-electron chi connectivity index (χ4n) is 2.32. The van der Waals surface area contributed by atoms with E-state index in [0.29, 0.717) is 12.1 Å². The lowest BCUT2D eigenvalue weighted by Crippen LogP contribution is -2.43. The van der Waals surface area contributed by atoms with E-state index in [1.807, 2.05) is 13.8 Å². The van der Waals surface area contributed by atoms with Crippen molar-refractivity contribution < 1.29 is 13.6 Å². The molecule has 3 rings (SSSR count). The van der Waals surface area contributed by atoms with Crippen molar-refractivity contribution in [2.45, 2.75) is 19.4 Å². The Balaban J connectivity index is 1.85. The topological polar surface area (TPSA) is 58.1 Å². The van der Waals surface area contributed by atoms with Crippen molar-refractivity contribution in [1.82, 2.24) is 15.3 Å². The Morgan fingerprint density at radius 3 is 2.54 bits per heavy atom. The second-order valence-corrected chi connectivity index (χ2v) is 5.95. The average Bonchev–Trinajstić information content (AvgIpc) is 2.82. The van der Waals surface area contributed by atoms with Gasteiger partial charge in [0.25, 0.3) is 0 Å². The number of halogens is 2. The van der Waals surface area contributed by atoms with Gasteiger partial charge in [-0.05, 0) is 32.0 Å². The third-order valence-corrected chi connectivity index (χ3v) is 3.59. The van der Waals surface area contributed by atoms with Gasteiger partial charge in [-0.1, -0.05) is 11.8 Å². The minimum Gasteiger partial charge on any atom is -0.335 e. The first-order valence-corrected chi connectivity index (χ1v) is 7.24. The zero-order valence-electron chi connectivity index (χ0n) is 13.1. The van der Waals surface area contributed by atoms with Crippen LogP contribution in [-0.4, -0.2) is 28.1 Å². The molecule has 0 atom stereocenters. The maximum Gasteiger partial charge on any atom is 0.324 e. The molecule has 0 saturated carbocycles. The Bertz CT molecular complexity index is 853. The van der Waals surface area contributed by atoms with Gasteiger partial charge in [-0.25, -0.2) is 23.5 Å². The van der Waals surface area contributed by atoms with Gasteiger partial charge in [-0.15, -0.1) is 0 Å². The smallest absolute Gasteiger partial charge is 0.324 e. The molecule has 0 spiro atoms. The van der Waals surface area contributed by atoms with E-state index in [9.17, 15) is 13.6 Å². The van der Waals surface area contributed by atoms with Gasteiger partial charge in [0.05, 0.1) is 16.7 Å². The monoisotopic (exact) mass is 328 g/mol. The van der Waals surface area contributed by atoms with Crippen LogP contribution in [0.15, 0.2) is 30.6 Å². The molecule has 2 heterocycles. The fourth-order valence-corrected chi connectivity index (χ4v) is 2.32. The van der Waals surface area contributed by atoms with Crippen molar-refractivity contribution in [3.05, 3.63) is 53.4 Å². The molecular formula is C17H14F2N4O. The van der Waals surface area contributed by atoms with Crippen molar-refractivity contribution in [1.29, 1.82) is 0 Å². The highest BCUT2D eigenvalue weighted by molar-refractivity contribution is 5.94. The highest BCUT2D eigenvalue weighted by atomic mass is 19.1. The Labute approximate surface area is 137 Å². The number of benzene rings is 1. The van der Waals surface area contributed by atoms with Gasteiger partial charge in [0.2, 0.25) is 5.95 Å². The lowest BCUT2D eigenvalue weighted by molar-refractivity contribution is 0.251. The van der Waals surface area contributed by atoms with Gasteiger partial charge >= 0.3 is 6.03 Å². The van der Waals surface area contributed by atoms with Crippen LogP contribution in [0.1, 0.15) is 25.0 Å². The number of aromatic nitrogens is 2. The van der Waals surface area contributed by atoms with Gasteiger partial charge < -0.3 is 5.32 Å². The van der Waals surface area contributed by atoms with Crippen molar-refractivity contribution in [3.8, 4) is 11.8 Å². The van der Waals surface area contributed by atoms with E-state index < -0.39 is 17.2 Å². The number of amides is 2. The molecule has 1 aliphatic rings. The van der Waals surface area contributed by atoms with Crippen molar-refractivity contribution >= 4 is 12.0 Å². The average molecular weight is 328 g/mol. The summed E-state index contributed by atoms with van der Waals surface area (Å²) >= 11 is 0. The molecule has 5 nitrogen and oxygen atoms in total. The number of carbonyl (C=O) groups is 1. The van der Waals surface area contributed by atoms with E-state index >= 15 is 0 Å². The second kappa shape index (κ2) is 5.89. The van der Waals surface area contributed by atoms with Crippen LogP contribution in [0.5, 0.6) is 0 Å². The summed E-state index contributed by atoms with van der Waals surface area (Å²) in [4.78, 5) is 21.6. The molecule has 1 aliphatic heterocycles. The minimum atomic E-state index is -0.600. The molecular weight excluding hydrogens is 314 g/mol. The Hall–Kier alpha value is -3.01. The van der Waals surface area contributed by atoms with E-state index in [1.54, 1.807) is 0 Å². The largest absolute Gasteiger partial charge is 0.335 e. The summed E-state index contributed by atoms with van der Waals surface area (Å²) in [5.41, 5.74) is -0.0476. The molecule has 0 unspecified atom stereocenters. The van der Waals surface area contributed by atoms with E-state index in [-0.39, 0.29) is 17.5 Å². The molecule has 24 heavy (non-hydrogen) atoms. The summed E-state index contributed by atoms with van der Waals surface area (Å²) in [5.74, 6) is 4.33. The number of nitrogens with zero attached hydrogens (tertiary/aromatic N) is 3. The molecule has 7 heteroatoms. The first-order valence-electron chi connectivity index (χ1n) is 7.24. The molecule has 1 aromatic carbocycles. The highest BCUT2D eigenvalue weighted by Crippen LogP contribution is 2.24. The molecule has 1 N–H and O–H groups in total. The van der Waals surface area contributed by atoms with E-state index in [1.165, 1.54) is 17.3 Å². The molecule has 122 valence electrons. The maximum absolute atomic E-state index is 13.5. The van der Waals surface area contributed by atoms with Gasteiger partial charge in [0.15, 0.2) is 0 Å². The van der Waals surface area contributed by atoms with Crippen LogP contribution in [0.2, 0.25) is 0 Å². The molecule has 1 fully saturated rings. The predicted octanol–water partition coefficient (Wildman–Crippen LogP) is 2.46. The molecule has 0 bridgehead atoms. The van der Waals surface area contributed by atoms with Gasteiger partial charge in [0.1, 0.15) is 11.6 Å². The summed E-state index contributed by atoms with van der Waals surface area (Å²) in [6, 6.07) is 2.81. The SMILES string of the molecule is CC1(C)CNC(=O)N1c1ncc(C#Cc2cc(F)ccc2F)cn1. The number of urea groups is 1. The molecule has 1 aromatic heterocycles. The van der Waals surface area contributed by atoms with E-state index in [0.717, 1.165) is 18.2 Å². The van der Waals surface area contributed by atoms with Crippen LogP contribution >= 0.6 is 0 Å². The van der Waals surface area contributed by atoms with Crippen LogP contribution in [-0.2, 0) is 0 Å². The van der Waals surface area contributed by atoms with Gasteiger partial charge in [-0.2, -0.15) is 0 Å². The third-order valence-electron chi connectivity index (χ3n) is 3.59. The standard InChI is InChI=1S/C17H14F2N4O/c1-17(2)10-22-16(24)23(17)15-20-8-11(9-21-15)3-4-12-7-13(18)5-6-14(12)19/h5-9H,10H2,1-2H3,(H,22,24). The number of anilines is 1. The predicted molar refractivity (Wildman–Crippen MR) is 84.3 cm³/mol. The molecule has 0 aliphatic carbocycles. The van der Waals surface area contributed by atoms with Crippen LogP contribution in [0.3, 0.4) is 0 Å². The third kappa shape index (κ3) is 3.04. The summed E-state index contributed by atoms with van der Waals surface area (Å²) in [7, 11) is 0. The lowest BCUT2D eigenvalue weighted by Gasteiger charge is -2.27. The molecule has 1 saturated heterocycles. The minimum absolute atomic E-state index is 0.0425. The van der Waals surface area contributed by atoms with Crippen molar-refractivity contribution in [2.24, 2.45) is 0 Å². The van der Waals surface area contributed by atoms with Crippen LogP contribution in [0.4, 0.5) is 19.5 Å². The Kier molecular flexibility index (Phi) is 3.89. The highest BCUT2D eigenvalue weighted by Gasteiger charge is 2.40. The first kappa shape index (κ1) is 15.9. The Morgan fingerprint density at radius 2 is 1.92 bits per heavy atom. The van der Waals surface area contributed by atoms with Crippen molar-refractivity contribution in [2.75, 3.05) is 11.4 Å². The first-order chi connectivity index (χ1) is 11.4. The fraction of sp³-hybridized carbons (Fsp3) is 0.235. The van der Waals surface area contributed by atoms with E-state index in [2.05, 4.69) is 27.1 Å². The van der Waals surface area contributed by atoms with E-state index in [4.69, 9.17) is 0 Å². The normalized spacial score (nSPS) is 15.7. The number of hydrogen-bond acceptors (Lipinski definition) is 3. The van der Waals surface area contributed by atoms with Crippen molar-refractivity contribution in [3.63, 3.8) is 0 Å². The zero-order valence-corrected chi connectivity index (χ0v) is 13.1. The summed E-state index contributed by atoms with van der Waals surface area (Å²) in [6.07, 6.45) is 2.88. The molecule has 0 radical (unpaired) electrons. The lowest BCUT2D eigenvalue weighted by atomic mass is 10.1. The summed E-state index contributed by atoms with van der Waals surface area (Å²) in [5, 5.41) is 2.73. The number of hydrogen-bond donors (Lipinski definition) is 1. The number of nitrogens with one attached hydrogen (secondary N) is 1. The number of carbonyl (C=O) groups excluding carboxylic acids is 1. The van der Waals surface area contributed by atoms with Gasteiger partial charge in [0, 0.05) is 18.9 Å². The summed E-state index contributed by atoms with van der Waals surface area (Å²) in [6.45, 7) is 4.29. The zero-order chi connectivity index (χ0) is 17.3. The van der Waals surface area contributed by atoms with Gasteiger partial charge in [-0.3, -0.25) is 4.90 Å².